The summed E-state index contributed by atoms with van der Waals surface area (Å²) >= 11 is 0. The smallest absolute Gasteiger partial charge is 0.243 e. The zero-order valence-corrected chi connectivity index (χ0v) is 21.0. The Kier molecular flexibility index (Phi) is 7.29. The molecule has 3 aromatic rings. The van der Waals surface area contributed by atoms with Gasteiger partial charge in [0, 0.05) is 25.8 Å². The van der Waals surface area contributed by atoms with Gasteiger partial charge < -0.3 is 5.73 Å². The Balaban J connectivity index is 1.33. The normalized spacial score (nSPS) is 17.9. The second-order valence-electron chi connectivity index (χ2n) is 9.61. The lowest BCUT2D eigenvalue weighted by atomic mass is 9.90. The summed E-state index contributed by atoms with van der Waals surface area (Å²) in [6.07, 6.45) is 7.26. The molecule has 184 valence electrons. The van der Waals surface area contributed by atoms with E-state index in [0.29, 0.717) is 24.5 Å². The van der Waals surface area contributed by atoms with Crippen LogP contribution in [0.5, 0.6) is 0 Å². The molecule has 0 bridgehead atoms. The van der Waals surface area contributed by atoms with E-state index in [9.17, 15) is 8.42 Å². The number of benzene rings is 2. The number of rotatable bonds is 9. The van der Waals surface area contributed by atoms with Gasteiger partial charge >= 0.3 is 0 Å². The molecule has 1 unspecified atom stereocenters. The van der Waals surface area contributed by atoms with Gasteiger partial charge in [0.05, 0.1) is 16.6 Å². The maximum atomic E-state index is 13.3. The zero-order chi connectivity index (χ0) is 24.3. The van der Waals surface area contributed by atoms with Crippen molar-refractivity contribution in [3.63, 3.8) is 0 Å². The highest BCUT2D eigenvalue weighted by Crippen LogP contribution is 2.34. The van der Waals surface area contributed by atoms with Crippen LogP contribution in [0.2, 0.25) is 0 Å². The first-order valence-corrected chi connectivity index (χ1v) is 14.0. The lowest BCUT2D eigenvalue weighted by Gasteiger charge is -2.35. The third-order valence-corrected chi connectivity index (χ3v) is 9.07. The summed E-state index contributed by atoms with van der Waals surface area (Å²) in [5.41, 5.74) is 11.6. The molecule has 2 N–H and O–H groups in total. The number of unbranched alkanes of at least 4 members (excludes halogenated alkanes) is 1. The van der Waals surface area contributed by atoms with Crippen molar-refractivity contribution in [1.29, 1.82) is 0 Å². The van der Waals surface area contributed by atoms with Crippen LogP contribution in [0, 0.1) is 0 Å². The number of sulfonamides is 1. The molecule has 0 radical (unpaired) electrons. The summed E-state index contributed by atoms with van der Waals surface area (Å²) in [5, 5.41) is 0. The fourth-order valence-corrected chi connectivity index (χ4v) is 6.76. The third kappa shape index (κ3) is 5.19. The van der Waals surface area contributed by atoms with Gasteiger partial charge in [-0.1, -0.05) is 42.5 Å². The highest BCUT2D eigenvalue weighted by atomic mass is 32.2. The molecular formula is C28H34N4O2S. The number of aryl methyl sites for hydroxylation is 1. The van der Waals surface area contributed by atoms with Crippen LogP contribution in [-0.2, 0) is 36.1 Å². The van der Waals surface area contributed by atoms with E-state index in [0.717, 1.165) is 61.9 Å². The first-order chi connectivity index (χ1) is 17.1. The molecule has 1 aliphatic heterocycles. The molecule has 1 aliphatic carbocycles. The van der Waals surface area contributed by atoms with E-state index in [4.69, 9.17) is 10.7 Å². The average molecular weight is 491 g/mol. The Labute approximate surface area is 208 Å². The fourth-order valence-electron chi connectivity index (χ4n) is 5.37. The number of hydrogen-bond donors (Lipinski definition) is 1. The second kappa shape index (κ2) is 10.6. The van der Waals surface area contributed by atoms with Crippen molar-refractivity contribution in [3.05, 3.63) is 94.8 Å². The summed E-state index contributed by atoms with van der Waals surface area (Å²) in [4.78, 5) is 7.60. The molecular weight excluding hydrogens is 456 g/mol. The number of hydrogen-bond acceptors (Lipinski definition) is 5. The molecule has 0 saturated carbocycles. The molecule has 0 saturated heterocycles. The molecule has 5 rings (SSSR count). The predicted octanol–water partition coefficient (Wildman–Crippen LogP) is 4.40. The van der Waals surface area contributed by atoms with Crippen LogP contribution in [0.15, 0.2) is 71.8 Å². The summed E-state index contributed by atoms with van der Waals surface area (Å²) in [6, 6.07) is 19.9. The van der Waals surface area contributed by atoms with Gasteiger partial charge in [-0.05, 0) is 85.6 Å². The first-order valence-electron chi connectivity index (χ1n) is 12.6. The molecule has 35 heavy (non-hydrogen) atoms. The van der Waals surface area contributed by atoms with Crippen LogP contribution in [0.1, 0.15) is 59.7 Å². The molecule has 1 aromatic heterocycles. The van der Waals surface area contributed by atoms with E-state index in [1.807, 2.05) is 48.7 Å². The SMILES string of the molecule is NCCCCN(Cc1ccc(S(=O)(=O)N2Cc3ccccc3C2)cc1)C1CCCc2cccnc21. The topological polar surface area (TPSA) is 79.5 Å². The molecule has 0 fully saturated rings. The van der Waals surface area contributed by atoms with Gasteiger partial charge in [0.2, 0.25) is 10.0 Å². The minimum absolute atomic E-state index is 0.282. The molecule has 1 atom stereocenters. The van der Waals surface area contributed by atoms with Gasteiger partial charge in [-0.15, -0.1) is 0 Å². The van der Waals surface area contributed by atoms with E-state index in [1.165, 1.54) is 11.3 Å². The largest absolute Gasteiger partial charge is 0.330 e. The van der Waals surface area contributed by atoms with Crippen LogP contribution in [0.3, 0.4) is 0 Å². The van der Waals surface area contributed by atoms with Crippen molar-refractivity contribution >= 4 is 10.0 Å². The van der Waals surface area contributed by atoms with E-state index >= 15 is 0 Å². The van der Waals surface area contributed by atoms with E-state index in [2.05, 4.69) is 11.0 Å². The second-order valence-corrected chi connectivity index (χ2v) is 11.5. The Hall–Kier alpha value is -2.58. The lowest BCUT2D eigenvalue weighted by Crippen LogP contribution is -2.33. The van der Waals surface area contributed by atoms with E-state index in [1.54, 1.807) is 16.4 Å². The van der Waals surface area contributed by atoms with Gasteiger partial charge in [0.15, 0.2) is 0 Å². The van der Waals surface area contributed by atoms with Gasteiger partial charge in [-0.25, -0.2) is 8.42 Å². The van der Waals surface area contributed by atoms with E-state index in [-0.39, 0.29) is 6.04 Å². The van der Waals surface area contributed by atoms with Crippen molar-refractivity contribution in [2.75, 3.05) is 13.1 Å². The minimum atomic E-state index is -3.53. The molecule has 2 aliphatic rings. The van der Waals surface area contributed by atoms with Crippen LogP contribution >= 0.6 is 0 Å². The van der Waals surface area contributed by atoms with Gasteiger partial charge in [0.25, 0.3) is 0 Å². The van der Waals surface area contributed by atoms with Crippen LogP contribution < -0.4 is 5.73 Å². The maximum Gasteiger partial charge on any atom is 0.243 e. The van der Waals surface area contributed by atoms with Crippen molar-refractivity contribution in [1.82, 2.24) is 14.2 Å². The molecule has 2 aromatic carbocycles. The summed E-state index contributed by atoms with van der Waals surface area (Å²) in [5.74, 6) is 0. The van der Waals surface area contributed by atoms with Crippen molar-refractivity contribution in [3.8, 4) is 0 Å². The number of aromatic nitrogens is 1. The van der Waals surface area contributed by atoms with Gasteiger partial charge in [0.1, 0.15) is 0 Å². The van der Waals surface area contributed by atoms with Crippen LogP contribution in [0.4, 0.5) is 0 Å². The Morgan fingerprint density at radius 3 is 2.37 bits per heavy atom. The monoisotopic (exact) mass is 490 g/mol. The standard InChI is InChI=1S/C28H34N4O2S/c29-16-3-4-18-31(27-11-5-9-23-10-6-17-30-28(23)27)19-22-12-14-26(15-13-22)35(33,34)32-20-24-7-1-2-8-25(24)21-32/h1-2,6-8,10,12-15,17,27H,3-5,9,11,16,18-21,29H2. The number of nitrogens with two attached hydrogens (primary N) is 1. The summed E-state index contributed by atoms with van der Waals surface area (Å²) in [7, 11) is -3.53. The van der Waals surface area contributed by atoms with Crippen molar-refractivity contribution < 1.29 is 8.42 Å². The lowest BCUT2D eigenvalue weighted by molar-refractivity contribution is 0.163. The summed E-state index contributed by atoms with van der Waals surface area (Å²) in [6.45, 7) is 3.28. The van der Waals surface area contributed by atoms with Gasteiger partial charge in [-0.3, -0.25) is 9.88 Å². The average Bonchev–Trinajstić information content (AvgIpc) is 3.34. The first kappa shape index (κ1) is 24.1. The molecule has 0 amide bonds. The Morgan fingerprint density at radius 2 is 1.66 bits per heavy atom. The quantitative estimate of drug-likeness (QED) is 0.450. The zero-order valence-electron chi connectivity index (χ0n) is 20.1. The third-order valence-electron chi connectivity index (χ3n) is 7.26. The van der Waals surface area contributed by atoms with Crippen molar-refractivity contribution in [2.45, 2.75) is 62.7 Å². The maximum absolute atomic E-state index is 13.3. The van der Waals surface area contributed by atoms with E-state index < -0.39 is 10.0 Å². The van der Waals surface area contributed by atoms with Crippen LogP contribution in [0.25, 0.3) is 0 Å². The molecule has 7 heteroatoms. The number of fused-ring (bicyclic) bond motifs is 2. The number of pyridine rings is 1. The molecule has 6 nitrogen and oxygen atoms in total. The minimum Gasteiger partial charge on any atom is -0.330 e. The summed E-state index contributed by atoms with van der Waals surface area (Å²) < 4.78 is 28.1. The highest BCUT2D eigenvalue weighted by molar-refractivity contribution is 7.89. The Bertz CT molecular complexity index is 1230. The Morgan fingerprint density at radius 1 is 0.943 bits per heavy atom. The highest BCUT2D eigenvalue weighted by Gasteiger charge is 2.31. The molecule has 2 heterocycles. The number of nitrogens with zero attached hydrogens (tertiary/aromatic N) is 3. The van der Waals surface area contributed by atoms with Gasteiger partial charge in [-0.2, -0.15) is 4.31 Å². The fraction of sp³-hybridized carbons (Fsp3) is 0.393. The predicted molar refractivity (Wildman–Crippen MR) is 138 cm³/mol. The van der Waals surface area contributed by atoms with Crippen LogP contribution in [-0.4, -0.2) is 35.7 Å². The van der Waals surface area contributed by atoms with Crippen molar-refractivity contribution in [2.24, 2.45) is 5.73 Å². The molecule has 0 spiro atoms.